The number of nitro groups is 1. The van der Waals surface area contributed by atoms with Crippen LogP contribution in [0, 0.1) is 10.1 Å². The van der Waals surface area contributed by atoms with E-state index in [1.165, 1.54) is 35.4 Å². The van der Waals surface area contributed by atoms with Crippen molar-refractivity contribution in [2.75, 3.05) is 18.2 Å². The van der Waals surface area contributed by atoms with Gasteiger partial charge in [0.1, 0.15) is 30.3 Å². The number of hydrogen-bond donors (Lipinski definition) is 1. The van der Waals surface area contributed by atoms with Crippen LogP contribution >= 0.6 is 0 Å². The molecule has 1 fully saturated rings. The Morgan fingerprint density at radius 2 is 1.55 bits per heavy atom. The van der Waals surface area contributed by atoms with Gasteiger partial charge in [0, 0.05) is 17.7 Å². The van der Waals surface area contributed by atoms with Gasteiger partial charge in [0.25, 0.3) is 17.5 Å². The van der Waals surface area contributed by atoms with Crippen LogP contribution in [-0.2, 0) is 9.59 Å². The molecule has 0 aliphatic carbocycles. The van der Waals surface area contributed by atoms with Gasteiger partial charge in [0.05, 0.1) is 10.6 Å². The maximum absolute atomic E-state index is 12.8. The summed E-state index contributed by atoms with van der Waals surface area (Å²) in [5, 5.41) is 11.9. The summed E-state index contributed by atoms with van der Waals surface area (Å²) in [6.45, 7) is 0.386. The lowest BCUT2D eigenvalue weighted by molar-refractivity contribution is -0.384. The van der Waals surface area contributed by atoms with Crippen molar-refractivity contribution < 1.29 is 24.0 Å². The van der Waals surface area contributed by atoms with Crippen LogP contribution in [0.5, 0.6) is 11.5 Å². The number of hydrazine groups is 1. The predicted octanol–water partition coefficient (Wildman–Crippen LogP) is 3.51. The summed E-state index contributed by atoms with van der Waals surface area (Å²) in [6.07, 6.45) is 1.49. The zero-order valence-electron chi connectivity index (χ0n) is 17.3. The van der Waals surface area contributed by atoms with E-state index in [4.69, 9.17) is 9.47 Å². The van der Waals surface area contributed by atoms with Crippen molar-refractivity contribution in [3.63, 3.8) is 0 Å². The van der Waals surface area contributed by atoms with Crippen molar-refractivity contribution >= 4 is 29.3 Å². The molecular weight excluding hydrogens is 426 g/mol. The molecule has 3 aromatic carbocycles. The average molecular weight is 445 g/mol. The number of nitro benzene ring substituents is 1. The molecule has 9 nitrogen and oxygen atoms in total. The van der Waals surface area contributed by atoms with Crippen LogP contribution in [0.1, 0.15) is 5.56 Å². The lowest BCUT2D eigenvalue weighted by Gasteiger charge is -2.14. The standard InChI is InChI=1S/C24H19N3O6/c28-23-21(24(29)26(25-23)18-7-2-1-3-8-18)16-17-6-4-5-9-22(17)33-15-14-32-20-12-10-19(11-13-20)27(30)31/h1-13,16H,14-15H2,(H,25,28)/b21-16+. The van der Waals surface area contributed by atoms with E-state index in [0.717, 1.165) is 0 Å². The number of hydrogen-bond acceptors (Lipinski definition) is 6. The van der Waals surface area contributed by atoms with E-state index in [9.17, 15) is 19.7 Å². The Morgan fingerprint density at radius 1 is 0.879 bits per heavy atom. The minimum Gasteiger partial charge on any atom is -0.490 e. The second kappa shape index (κ2) is 9.65. The first-order chi connectivity index (χ1) is 16.0. The van der Waals surface area contributed by atoms with Crippen molar-refractivity contribution in [2.45, 2.75) is 0 Å². The Hall–Kier alpha value is -4.66. The predicted molar refractivity (Wildman–Crippen MR) is 121 cm³/mol. The fourth-order valence-corrected chi connectivity index (χ4v) is 3.18. The molecule has 166 valence electrons. The van der Waals surface area contributed by atoms with Crippen molar-refractivity contribution in [3.8, 4) is 11.5 Å². The molecule has 0 unspecified atom stereocenters. The number of ether oxygens (including phenoxy) is 2. The summed E-state index contributed by atoms with van der Waals surface area (Å²) in [7, 11) is 0. The Kier molecular flexibility index (Phi) is 6.31. The zero-order valence-corrected chi connectivity index (χ0v) is 17.3. The maximum Gasteiger partial charge on any atom is 0.282 e. The first kappa shape index (κ1) is 21.6. The van der Waals surface area contributed by atoms with E-state index in [1.54, 1.807) is 48.5 Å². The van der Waals surface area contributed by atoms with Gasteiger partial charge in [-0.3, -0.25) is 25.1 Å². The summed E-state index contributed by atoms with van der Waals surface area (Å²) in [6, 6.07) is 21.6. The molecule has 33 heavy (non-hydrogen) atoms. The molecule has 0 saturated carbocycles. The third-order valence-corrected chi connectivity index (χ3v) is 4.78. The number of rotatable bonds is 8. The molecule has 3 aromatic rings. The van der Waals surface area contributed by atoms with Gasteiger partial charge in [-0.25, -0.2) is 5.01 Å². The molecule has 9 heteroatoms. The molecule has 0 aromatic heterocycles. The SMILES string of the molecule is O=C1NN(c2ccccc2)C(=O)/C1=C/c1ccccc1OCCOc1ccc([N+](=O)[O-])cc1. The van der Waals surface area contributed by atoms with Crippen LogP contribution in [0.4, 0.5) is 11.4 Å². The highest BCUT2D eigenvalue weighted by Gasteiger charge is 2.34. The smallest absolute Gasteiger partial charge is 0.282 e. The number of carbonyl (C=O) groups excluding carboxylic acids is 2. The molecule has 1 heterocycles. The number of carbonyl (C=O) groups is 2. The fraction of sp³-hybridized carbons (Fsp3) is 0.0833. The van der Waals surface area contributed by atoms with Crippen LogP contribution in [0.3, 0.4) is 0 Å². The van der Waals surface area contributed by atoms with Gasteiger partial charge in [-0.05, 0) is 36.4 Å². The van der Waals surface area contributed by atoms with Gasteiger partial charge < -0.3 is 9.47 Å². The molecule has 0 spiro atoms. The molecule has 0 bridgehead atoms. The summed E-state index contributed by atoms with van der Waals surface area (Å²) < 4.78 is 11.3. The monoisotopic (exact) mass is 445 g/mol. The third-order valence-electron chi connectivity index (χ3n) is 4.78. The number of non-ortho nitro benzene ring substituents is 1. The van der Waals surface area contributed by atoms with Crippen LogP contribution in [-0.4, -0.2) is 30.0 Å². The Balaban J connectivity index is 1.41. The number of benzene rings is 3. The Labute approximate surface area is 189 Å². The summed E-state index contributed by atoms with van der Waals surface area (Å²) in [5.41, 5.74) is 3.68. The molecule has 1 saturated heterocycles. The first-order valence-corrected chi connectivity index (χ1v) is 10.0. The summed E-state index contributed by atoms with van der Waals surface area (Å²) >= 11 is 0. The van der Waals surface area contributed by atoms with E-state index in [2.05, 4.69) is 5.43 Å². The Morgan fingerprint density at radius 3 is 2.27 bits per heavy atom. The zero-order chi connectivity index (χ0) is 23.2. The lowest BCUT2D eigenvalue weighted by Crippen LogP contribution is -2.35. The molecular formula is C24H19N3O6. The molecule has 2 amide bonds. The third kappa shape index (κ3) is 4.99. The quantitative estimate of drug-likeness (QED) is 0.187. The van der Waals surface area contributed by atoms with E-state index >= 15 is 0 Å². The van der Waals surface area contributed by atoms with Crippen molar-refractivity contribution in [2.24, 2.45) is 0 Å². The van der Waals surface area contributed by atoms with Crippen LogP contribution < -0.4 is 19.9 Å². The molecule has 0 radical (unpaired) electrons. The van der Waals surface area contributed by atoms with Crippen molar-refractivity contribution in [1.29, 1.82) is 0 Å². The fourth-order valence-electron chi connectivity index (χ4n) is 3.18. The maximum atomic E-state index is 12.8. The van der Waals surface area contributed by atoms with Gasteiger partial charge >= 0.3 is 0 Å². The van der Waals surface area contributed by atoms with Gasteiger partial charge in [0.15, 0.2) is 0 Å². The molecule has 1 N–H and O–H groups in total. The van der Waals surface area contributed by atoms with Gasteiger partial charge in [-0.15, -0.1) is 0 Å². The minimum absolute atomic E-state index is 0.00275. The van der Waals surface area contributed by atoms with E-state index in [-0.39, 0.29) is 24.5 Å². The molecule has 0 atom stereocenters. The number of nitrogens with one attached hydrogen (secondary N) is 1. The average Bonchev–Trinajstić information content (AvgIpc) is 3.12. The molecule has 1 aliphatic heterocycles. The topological polar surface area (TPSA) is 111 Å². The van der Waals surface area contributed by atoms with Gasteiger partial charge in [-0.1, -0.05) is 36.4 Å². The van der Waals surface area contributed by atoms with Crippen molar-refractivity contribution in [1.82, 2.24) is 5.43 Å². The number of para-hydroxylation sites is 2. The number of anilines is 1. The van der Waals surface area contributed by atoms with Crippen molar-refractivity contribution in [3.05, 3.63) is 100 Å². The van der Waals surface area contributed by atoms with E-state index in [0.29, 0.717) is 22.7 Å². The van der Waals surface area contributed by atoms with Gasteiger partial charge in [0.2, 0.25) is 0 Å². The second-order valence-electron chi connectivity index (χ2n) is 6.96. The largest absolute Gasteiger partial charge is 0.490 e. The minimum atomic E-state index is -0.500. The summed E-state index contributed by atoms with van der Waals surface area (Å²) in [5.74, 6) is 0.00700. The lowest BCUT2D eigenvalue weighted by atomic mass is 10.1. The van der Waals surface area contributed by atoms with Crippen LogP contribution in [0.25, 0.3) is 6.08 Å². The van der Waals surface area contributed by atoms with E-state index in [1.807, 2.05) is 6.07 Å². The molecule has 1 aliphatic rings. The normalized spacial score (nSPS) is 14.3. The van der Waals surface area contributed by atoms with Gasteiger partial charge in [-0.2, -0.15) is 0 Å². The number of amides is 2. The van der Waals surface area contributed by atoms with E-state index < -0.39 is 16.7 Å². The second-order valence-corrected chi connectivity index (χ2v) is 6.96. The highest BCUT2D eigenvalue weighted by atomic mass is 16.6. The Bertz CT molecular complexity index is 1210. The highest BCUT2D eigenvalue weighted by Crippen LogP contribution is 2.25. The van der Waals surface area contributed by atoms with Crippen LogP contribution in [0.2, 0.25) is 0 Å². The number of nitrogens with zero attached hydrogens (tertiary/aromatic N) is 2. The first-order valence-electron chi connectivity index (χ1n) is 10.0. The highest BCUT2D eigenvalue weighted by molar-refractivity contribution is 6.31. The van der Waals surface area contributed by atoms with Crippen LogP contribution in [0.15, 0.2) is 84.4 Å². The summed E-state index contributed by atoms with van der Waals surface area (Å²) in [4.78, 5) is 35.4. The molecule has 4 rings (SSSR count).